The largest absolute Gasteiger partial charge is 0.481 e. The van der Waals surface area contributed by atoms with E-state index in [1.807, 2.05) is 5.32 Å². The number of nitrogens with two attached hydrogens (primary N) is 2. The molecule has 0 aliphatic rings. The fourth-order valence-electron chi connectivity index (χ4n) is 0.654. The van der Waals surface area contributed by atoms with Crippen molar-refractivity contribution in [3.8, 4) is 0 Å². The highest BCUT2D eigenvalue weighted by Crippen LogP contribution is 1.91. The summed E-state index contributed by atoms with van der Waals surface area (Å²) in [5.74, 6) is -3.38. The molecular weight excluding hydrogens is 194 g/mol. The predicted molar refractivity (Wildman–Crippen MR) is 43.6 cm³/mol. The zero-order valence-electron chi connectivity index (χ0n) is 7.14. The molecule has 0 saturated heterocycles. The Labute approximate surface area is 78.9 Å². The lowest BCUT2D eigenvalue weighted by molar-refractivity contribution is -0.140. The number of aliphatic hydroxyl groups excluding tert-OH is 1. The molecule has 0 radical (unpaired) electrons. The van der Waals surface area contributed by atoms with E-state index >= 15 is 0 Å². The van der Waals surface area contributed by atoms with Gasteiger partial charge in [0, 0.05) is 0 Å². The number of hydrogen-bond acceptors (Lipinski definition) is 5. The maximum absolute atomic E-state index is 10.8. The summed E-state index contributed by atoms with van der Waals surface area (Å²) in [6.07, 6.45) is -2.47. The fraction of sp³-hybridized carbons (Fsp3) is 0.500. The lowest BCUT2D eigenvalue weighted by Gasteiger charge is -2.14. The average Bonchev–Trinajstić information content (AvgIpc) is 2.01. The van der Waals surface area contributed by atoms with Gasteiger partial charge in [0.15, 0.2) is 6.23 Å². The van der Waals surface area contributed by atoms with Crippen molar-refractivity contribution in [1.29, 1.82) is 0 Å². The van der Waals surface area contributed by atoms with Crippen LogP contribution in [0.4, 0.5) is 0 Å². The van der Waals surface area contributed by atoms with Crippen LogP contribution in [0.2, 0.25) is 0 Å². The maximum atomic E-state index is 10.8. The zero-order valence-corrected chi connectivity index (χ0v) is 7.14. The van der Waals surface area contributed by atoms with Crippen molar-refractivity contribution >= 4 is 17.8 Å². The van der Waals surface area contributed by atoms with Crippen LogP contribution < -0.4 is 16.8 Å². The fourth-order valence-corrected chi connectivity index (χ4v) is 0.654. The molecule has 0 spiro atoms. The summed E-state index contributed by atoms with van der Waals surface area (Å²) in [7, 11) is 0. The van der Waals surface area contributed by atoms with Crippen molar-refractivity contribution in [2.75, 3.05) is 0 Å². The van der Waals surface area contributed by atoms with Crippen LogP contribution in [0.3, 0.4) is 0 Å². The monoisotopic (exact) mass is 205 g/mol. The highest BCUT2D eigenvalue weighted by molar-refractivity contribution is 5.90. The first-order chi connectivity index (χ1) is 6.34. The highest BCUT2D eigenvalue weighted by Gasteiger charge is 2.22. The van der Waals surface area contributed by atoms with Crippen LogP contribution in [0, 0.1) is 0 Å². The van der Waals surface area contributed by atoms with Gasteiger partial charge in [-0.15, -0.1) is 0 Å². The van der Waals surface area contributed by atoms with E-state index in [9.17, 15) is 14.4 Å². The van der Waals surface area contributed by atoms with Gasteiger partial charge in [-0.25, -0.2) is 0 Å². The summed E-state index contributed by atoms with van der Waals surface area (Å²) < 4.78 is 0. The number of nitrogens with one attached hydrogen (secondary N) is 1. The Morgan fingerprint density at radius 3 is 2.14 bits per heavy atom. The van der Waals surface area contributed by atoms with Gasteiger partial charge in [0.1, 0.15) is 6.04 Å². The first-order valence-corrected chi connectivity index (χ1v) is 3.59. The van der Waals surface area contributed by atoms with Crippen LogP contribution >= 0.6 is 0 Å². The minimum absolute atomic E-state index is 0.659. The Hall–Kier alpha value is -1.67. The summed E-state index contributed by atoms with van der Waals surface area (Å²) in [6.45, 7) is 0. The normalized spacial score (nSPS) is 14.1. The van der Waals surface area contributed by atoms with E-state index in [0.29, 0.717) is 0 Å². The van der Waals surface area contributed by atoms with Crippen LogP contribution in [0.15, 0.2) is 0 Å². The quantitative estimate of drug-likeness (QED) is 0.296. The highest BCUT2D eigenvalue weighted by atomic mass is 16.4. The summed E-state index contributed by atoms with van der Waals surface area (Å²) in [5.41, 5.74) is 9.55. The summed E-state index contributed by atoms with van der Waals surface area (Å²) in [4.78, 5) is 31.6. The molecule has 0 heterocycles. The minimum atomic E-state index is -1.81. The van der Waals surface area contributed by atoms with E-state index in [4.69, 9.17) is 21.7 Å². The molecule has 0 rings (SSSR count). The molecule has 0 bridgehead atoms. The third-order valence-corrected chi connectivity index (χ3v) is 1.31. The molecule has 80 valence electrons. The molecule has 0 aliphatic heterocycles. The van der Waals surface area contributed by atoms with E-state index in [-0.39, 0.29) is 0 Å². The molecule has 0 aromatic heterocycles. The molecule has 0 aromatic carbocycles. The molecule has 0 aromatic rings. The smallest absolute Gasteiger partial charge is 0.305 e. The number of carbonyl (C=O) groups is 3. The van der Waals surface area contributed by atoms with Crippen LogP contribution in [0.1, 0.15) is 6.42 Å². The van der Waals surface area contributed by atoms with Gasteiger partial charge in [0.05, 0.1) is 6.42 Å². The lowest BCUT2D eigenvalue weighted by atomic mass is 10.2. The minimum Gasteiger partial charge on any atom is -0.481 e. The molecule has 2 amide bonds. The first kappa shape index (κ1) is 12.3. The molecule has 8 heteroatoms. The van der Waals surface area contributed by atoms with Crippen LogP contribution in [0.25, 0.3) is 0 Å². The van der Waals surface area contributed by atoms with Gasteiger partial charge in [0.25, 0.3) is 5.91 Å². The zero-order chi connectivity index (χ0) is 11.3. The number of amides is 2. The van der Waals surface area contributed by atoms with Crippen LogP contribution in [0.5, 0.6) is 0 Å². The number of rotatable bonds is 5. The van der Waals surface area contributed by atoms with Crippen molar-refractivity contribution in [3.05, 3.63) is 0 Å². The Bertz CT molecular complexity index is 252. The predicted octanol–water partition coefficient (Wildman–Crippen LogP) is -3.29. The molecular formula is C6H11N3O5. The van der Waals surface area contributed by atoms with E-state index in [1.165, 1.54) is 0 Å². The van der Waals surface area contributed by atoms with Gasteiger partial charge in [-0.05, 0) is 0 Å². The Balaban J connectivity index is 4.31. The molecule has 8 nitrogen and oxygen atoms in total. The third-order valence-electron chi connectivity index (χ3n) is 1.31. The van der Waals surface area contributed by atoms with Gasteiger partial charge in [-0.3, -0.25) is 20.1 Å². The third kappa shape index (κ3) is 4.38. The number of carbonyl (C=O) groups excluding carboxylic acids is 2. The topological polar surface area (TPSA) is 156 Å². The van der Waals surface area contributed by atoms with Crippen molar-refractivity contribution in [2.45, 2.75) is 18.7 Å². The molecule has 2 atom stereocenters. The number of carboxylic acids is 1. The number of hydrogen-bond donors (Lipinski definition) is 5. The van der Waals surface area contributed by atoms with Crippen molar-refractivity contribution < 1.29 is 24.6 Å². The average molecular weight is 205 g/mol. The lowest BCUT2D eigenvalue weighted by Crippen LogP contribution is -2.51. The second kappa shape index (κ2) is 5.14. The van der Waals surface area contributed by atoms with E-state index < -0.39 is 36.5 Å². The SMILES string of the molecule is NC(=O)[C@H](CC(=O)O)NC(=O)[C@@H](N)O. The number of carboxylic acid groups (broad SMARTS) is 1. The Morgan fingerprint density at radius 2 is 1.86 bits per heavy atom. The van der Waals surface area contributed by atoms with Gasteiger partial charge in [-0.1, -0.05) is 0 Å². The van der Waals surface area contributed by atoms with Crippen molar-refractivity contribution in [2.24, 2.45) is 11.5 Å². The van der Waals surface area contributed by atoms with Gasteiger partial charge < -0.3 is 21.3 Å². The Kier molecular flexibility index (Phi) is 4.53. The number of aliphatic carboxylic acids is 1. The van der Waals surface area contributed by atoms with E-state index in [1.54, 1.807) is 0 Å². The molecule has 7 N–H and O–H groups in total. The molecule has 0 saturated carbocycles. The van der Waals surface area contributed by atoms with E-state index in [2.05, 4.69) is 0 Å². The van der Waals surface area contributed by atoms with Crippen molar-refractivity contribution in [1.82, 2.24) is 5.32 Å². The van der Waals surface area contributed by atoms with Crippen LogP contribution in [-0.2, 0) is 14.4 Å². The summed E-state index contributed by atoms with van der Waals surface area (Å²) in [5, 5.41) is 18.8. The first-order valence-electron chi connectivity index (χ1n) is 3.59. The standard InChI is InChI=1S/C6H11N3O5/c7-4(12)2(1-3(10)11)9-6(14)5(8)13/h2,5,13H,1,8H2,(H2,7,12)(H,9,14)(H,10,11)/t2-,5-/m0/s1. The van der Waals surface area contributed by atoms with Gasteiger partial charge in [0.2, 0.25) is 5.91 Å². The molecule has 0 aliphatic carbocycles. The number of primary amides is 1. The molecule has 0 unspecified atom stereocenters. The number of aliphatic hydroxyl groups is 1. The van der Waals surface area contributed by atoms with Gasteiger partial charge >= 0.3 is 5.97 Å². The summed E-state index contributed by atoms with van der Waals surface area (Å²) in [6, 6.07) is -1.38. The Morgan fingerprint density at radius 1 is 1.36 bits per heavy atom. The second-order valence-electron chi connectivity index (χ2n) is 2.51. The molecule has 0 fully saturated rings. The van der Waals surface area contributed by atoms with Crippen LogP contribution in [-0.4, -0.2) is 40.3 Å². The summed E-state index contributed by atoms with van der Waals surface area (Å²) >= 11 is 0. The van der Waals surface area contributed by atoms with Crippen molar-refractivity contribution in [3.63, 3.8) is 0 Å². The van der Waals surface area contributed by atoms with Gasteiger partial charge in [-0.2, -0.15) is 0 Å². The second-order valence-corrected chi connectivity index (χ2v) is 2.51. The van der Waals surface area contributed by atoms with E-state index in [0.717, 1.165) is 0 Å². The molecule has 14 heavy (non-hydrogen) atoms. The maximum Gasteiger partial charge on any atom is 0.305 e.